The molecule has 21 heavy (non-hydrogen) atoms. The van der Waals surface area contributed by atoms with E-state index in [0.29, 0.717) is 6.61 Å². The van der Waals surface area contributed by atoms with E-state index in [4.69, 9.17) is 9.15 Å². The van der Waals surface area contributed by atoms with Gasteiger partial charge >= 0.3 is 0 Å². The van der Waals surface area contributed by atoms with Crippen LogP contribution in [0.15, 0.2) is 47.1 Å². The van der Waals surface area contributed by atoms with E-state index in [0.717, 1.165) is 44.2 Å². The maximum absolute atomic E-state index is 5.73. The van der Waals surface area contributed by atoms with Crippen molar-refractivity contribution in [2.24, 2.45) is 0 Å². The van der Waals surface area contributed by atoms with Crippen LogP contribution in [0.4, 0.5) is 5.69 Å². The molecule has 1 aliphatic rings. The van der Waals surface area contributed by atoms with Crippen LogP contribution in [0.1, 0.15) is 12.7 Å². The largest absolute Gasteiger partial charge is 0.492 e. The van der Waals surface area contributed by atoms with E-state index in [1.54, 1.807) is 6.26 Å². The molecule has 2 aromatic rings. The minimum absolute atomic E-state index is 0.704. The highest BCUT2D eigenvalue weighted by atomic mass is 16.5. The molecule has 4 heteroatoms. The van der Waals surface area contributed by atoms with Crippen molar-refractivity contribution in [3.05, 3.63) is 48.4 Å². The molecule has 0 radical (unpaired) electrons. The minimum Gasteiger partial charge on any atom is -0.492 e. The van der Waals surface area contributed by atoms with Crippen molar-refractivity contribution in [1.29, 1.82) is 0 Å². The van der Waals surface area contributed by atoms with Gasteiger partial charge in [0.1, 0.15) is 11.5 Å². The van der Waals surface area contributed by atoms with Crippen LogP contribution >= 0.6 is 0 Å². The molecule has 112 valence electrons. The molecule has 2 heterocycles. The molecule has 3 rings (SSSR count). The third-order valence-electron chi connectivity index (χ3n) is 3.84. The topological polar surface area (TPSA) is 28.9 Å². The fourth-order valence-corrected chi connectivity index (χ4v) is 2.77. The van der Waals surface area contributed by atoms with Crippen LogP contribution in [-0.2, 0) is 6.54 Å². The smallest absolute Gasteiger partial charge is 0.142 e. The molecule has 1 aromatic heterocycles. The third-order valence-corrected chi connectivity index (χ3v) is 3.84. The van der Waals surface area contributed by atoms with Crippen molar-refractivity contribution in [1.82, 2.24) is 4.90 Å². The molecule has 0 unspecified atom stereocenters. The number of nitrogens with zero attached hydrogens (tertiary/aromatic N) is 2. The summed E-state index contributed by atoms with van der Waals surface area (Å²) in [6.45, 7) is 7.75. The minimum atomic E-state index is 0.704. The van der Waals surface area contributed by atoms with Gasteiger partial charge in [-0.05, 0) is 31.2 Å². The predicted octanol–water partition coefficient (Wildman–Crippen LogP) is 3.00. The second-order valence-electron chi connectivity index (χ2n) is 5.24. The molecule has 0 amide bonds. The molecule has 0 bridgehead atoms. The van der Waals surface area contributed by atoms with E-state index in [1.165, 1.54) is 5.69 Å². The van der Waals surface area contributed by atoms with Crippen LogP contribution in [0.25, 0.3) is 0 Å². The highest BCUT2D eigenvalue weighted by Crippen LogP contribution is 2.28. The van der Waals surface area contributed by atoms with Gasteiger partial charge in [0.05, 0.1) is 25.1 Å². The lowest BCUT2D eigenvalue weighted by molar-refractivity contribution is 0.229. The summed E-state index contributed by atoms with van der Waals surface area (Å²) in [7, 11) is 0. The van der Waals surface area contributed by atoms with E-state index in [2.05, 4.69) is 21.9 Å². The molecule has 0 spiro atoms. The SMILES string of the molecule is CCOc1ccccc1N1CCN(Cc2ccco2)CC1. The Kier molecular flexibility index (Phi) is 4.46. The Hall–Kier alpha value is -1.94. The van der Waals surface area contributed by atoms with Gasteiger partial charge in [0.2, 0.25) is 0 Å². The zero-order chi connectivity index (χ0) is 14.5. The Labute approximate surface area is 125 Å². The number of para-hydroxylation sites is 2. The van der Waals surface area contributed by atoms with Crippen molar-refractivity contribution < 1.29 is 9.15 Å². The Bertz CT molecular complexity index is 546. The maximum atomic E-state index is 5.73. The van der Waals surface area contributed by atoms with E-state index in [1.807, 2.05) is 31.2 Å². The number of piperazine rings is 1. The number of furan rings is 1. The number of benzene rings is 1. The first-order chi connectivity index (χ1) is 10.4. The first-order valence-corrected chi connectivity index (χ1v) is 7.58. The quantitative estimate of drug-likeness (QED) is 0.845. The van der Waals surface area contributed by atoms with Gasteiger partial charge in [-0.3, -0.25) is 4.90 Å². The molecule has 0 atom stereocenters. The number of hydrogen-bond acceptors (Lipinski definition) is 4. The van der Waals surface area contributed by atoms with Gasteiger partial charge in [0.15, 0.2) is 0 Å². The van der Waals surface area contributed by atoms with Crippen molar-refractivity contribution in [2.75, 3.05) is 37.7 Å². The van der Waals surface area contributed by atoms with Crippen LogP contribution in [-0.4, -0.2) is 37.7 Å². The summed E-state index contributed by atoms with van der Waals surface area (Å²) in [6.07, 6.45) is 1.74. The predicted molar refractivity (Wildman–Crippen MR) is 83.8 cm³/mol. The summed E-state index contributed by atoms with van der Waals surface area (Å²) in [5.41, 5.74) is 1.21. The summed E-state index contributed by atoms with van der Waals surface area (Å²) < 4.78 is 11.2. The van der Waals surface area contributed by atoms with E-state index < -0.39 is 0 Å². The summed E-state index contributed by atoms with van der Waals surface area (Å²) in [6, 6.07) is 12.3. The van der Waals surface area contributed by atoms with Crippen LogP contribution in [0.2, 0.25) is 0 Å². The average Bonchev–Trinajstić information content (AvgIpc) is 3.02. The van der Waals surface area contributed by atoms with Crippen molar-refractivity contribution in [3.8, 4) is 5.75 Å². The molecule has 1 saturated heterocycles. The zero-order valence-electron chi connectivity index (χ0n) is 12.5. The van der Waals surface area contributed by atoms with Crippen molar-refractivity contribution >= 4 is 5.69 Å². The lowest BCUT2D eigenvalue weighted by Gasteiger charge is -2.36. The van der Waals surface area contributed by atoms with Crippen LogP contribution in [0, 0.1) is 0 Å². The number of anilines is 1. The van der Waals surface area contributed by atoms with E-state index in [-0.39, 0.29) is 0 Å². The molecule has 1 aliphatic heterocycles. The lowest BCUT2D eigenvalue weighted by atomic mass is 10.2. The fraction of sp³-hybridized carbons (Fsp3) is 0.412. The highest BCUT2D eigenvalue weighted by molar-refractivity contribution is 5.58. The molecule has 4 nitrogen and oxygen atoms in total. The van der Waals surface area contributed by atoms with E-state index in [9.17, 15) is 0 Å². The first kappa shape index (κ1) is 14.0. The van der Waals surface area contributed by atoms with Gasteiger partial charge in [-0.25, -0.2) is 0 Å². The van der Waals surface area contributed by atoms with Gasteiger partial charge in [0.25, 0.3) is 0 Å². The van der Waals surface area contributed by atoms with Gasteiger partial charge in [-0.1, -0.05) is 12.1 Å². The first-order valence-electron chi connectivity index (χ1n) is 7.58. The Morgan fingerprint density at radius 2 is 1.86 bits per heavy atom. The van der Waals surface area contributed by atoms with Gasteiger partial charge < -0.3 is 14.1 Å². The fourth-order valence-electron chi connectivity index (χ4n) is 2.77. The monoisotopic (exact) mass is 286 g/mol. The molecule has 0 aliphatic carbocycles. The molecule has 1 fully saturated rings. The molecular formula is C17H22N2O2. The number of rotatable bonds is 5. The summed E-state index contributed by atoms with van der Waals surface area (Å²) in [5, 5.41) is 0. The second-order valence-corrected chi connectivity index (χ2v) is 5.24. The maximum Gasteiger partial charge on any atom is 0.142 e. The molecule has 0 N–H and O–H groups in total. The van der Waals surface area contributed by atoms with E-state index >= 15 is 0 Å². The normalized spacial score (nSPS) is 16.1. The Morgan fingerprint density at radius 3 is 2.57 bits per heavy atom. The second kappa shape index (κ2) is 6.68. The summed E-state index contributed by atoms with van der Waals surface area (Å²) >= 11 is 0. The van der Waals surface area contributed by atoms with Crippen molar-refractivity contribution in [3.63, 3.8) is 0 Å². The van der Waals surface area contributed by atoms with Gasteiger partial charge in [-0.15, -0.1) is 0 Å². The molecular weight excluding hydrogens is 264 g/mol. The van der Waals surface area contributed by atoms with Crippen LogP contribution < -0.4 is 9.64 Å². The van der Waals surface area contributed by atoms with Gasteiger partial charge in [-0.2, -0.15) is 0 Å². The Balaban J connectivity index is 1.60. The highest BCUT2D eigenvalue weighted by Gasteiger charge is 2.20. The van der Waals surface area contributed by atoms with Crippen LogP contribution in [0.5, 0.6) is 5.75 Å². The standard InChI is InChI=1S/C17H22N2O2/c1-2-20-17-8-4-3-7-16(17)19-11-9-18(10-12-19)14-15-6-5-13-21-15/h3-8,13H,2,9-12,14H2,1H3. The summed E-state index contributed by atoms with van der Waals surface area (Å²) in [5.74, 6) is 2.03. The van der Waals surface area contributed by atoms with Crippen LogP contribution in [0.3, 0.4) is 0 Å². The van der Waals surface area contributed by atoms with Crippen molar-refractivity contribution in [2.45, 2.75) is 13.5 Å². The lowest BCUT2D eigenvalue weighted by Crippen LogP contribution is -2.46. The number of ether oxygens (including phenoxy) is 1. The molecule has 0 saturated carbocycles. The zero-order valence-corrected chi connectivity index (χ0v) is 12.5. The summed E-state index contributed by atoms with van der Waals surface area (Å²) in [4.78, 5) is 4.84. The third kappa shape index (κ3) is 3.39. The molecule has 1 aromatic carbocycles. The Morgan fingerprint density at radius 1 is 1.05 bits per heavy atom. The van der Waals surface area contributed by atoms with Gasteiger partial charge in [0, 0.05) is 26.2 Å². The number of hydrogen-bond donors (Lipinski definition) is 0. The average molecular weight is 286 g/mol.